The maximum atomic E-state index is 8.71. The second kappa shape index (κ2) is 48.7. The van der Waals surface area contributed by atoms with Gasteiger partial charge >= 0.3 is 0 Å². The van der Waals surface area contributed by atoms with Crippen LogP contribution in [0.4, 0.5) is 0 Å². The summed E-state index contributed by atoms with van der Waals surface area (Å²) in [6.07, 6.45) is 0. The molecule has 0 heterocycles. The lowest BCUT2D eigenvalue weighted by Crippen LogP contribution is -1.90. The number of hydrogen-bond acceptors (Lipinski definition) is 18. The van der Waals surface area contributed by atoms with E-state index < -0.39 is 0 Å². The normalized spacial score (nSPS) is 8.30. The fraction of sp³-hybridized carbons (Fsp3) is 0.114. The van der Waals surface area contributed by atoms with Gasteiger partial charge in [-0.25, -0.2) is 0 Å². The Balaban J connectivity index is 0.000000590. The van der Waals surface area contributed by atoms with Crippen LogP contribution < -0.4 is 0 Å². The van der Waals surface area contributed by atoms with Crippen molar-refractivity contribution in [3.05, 3.63) is 350 Å². The van der Waals surface area contributed by atoms with Gasteiger partial charge in [0.25, 0.3) is 0 Å². The van der Waals surface area contributed by atoms with Gasteiger partial charge in [0.1, 0.15) is 36.4 Å². The van der Waals surface area contributed by atoms with Crippen molar-refractivity contribution in [2.45, 2.75) is 69.2 Å². The lowest BCUT2D eigenvalue weighted by atomic mass is 10.0. The summed E-state index contributed by atoms with van der Waals surface area (Å²) in [6, 6.07) is 92.2. The largest absolute Gasteiger partial charge is 0.192 e. The highest BCUT2D eigenvalue weighted by Crippen LogP contribution is 2.17. The molecule has 0 fully saturated rings. The molecule has 0 bridgehead atoms. The monoisotopic (exact) mass is 1370 g/mol. The molecule has 0 aliphatic carbocycles. The Morgan fingerprint density at radius 1 is 0.160 bits per heavy atom. The molecule has 0 saturated heterocycles. The summed E-state index contributed by atoms with van der Waals surface area (Å²) in [5, 5.41) is 154. The predicted molar refractivity (Wildman–Crippen MR) is 397 cm³/mol. The Bertz CT molecular complexity index is 5520. The molecule has 0 spiro atoms. The molecule has 0 atom stereocenters. The highest BCUT2D eigenvalue weighted by molar-refractivity contribution is 5.55. The van der Waals surface area contributed by atoms with Crippen LogP contribution in [0.3, 0.4) is 0 Å². The van der Waals surface area contributed by atoms with Crippen LogP contribution in [0.1, 0.15) is 156 Å². The van der Waals surface area contributed by atoms with Crippen molar-refractivity contribution < 1.29 is 0 Å². The van der Waals surface area contributed by atoms with Gasteiger partial charge in [0.05, 0.1) is 173 Å². The highest BCUT2D eigenvalue weighted by atomic mass is 14.3. The van der Waals surface area contributed by atoms with Crippen molar-refractivity contribution in [2.75, 3.05) is 0 Å². The maximum absolute atomic E-state index is 8.71. The minimum absolute atomic E-state index is 0.263. The first kappa shape index (κ1) is 87.0. The molecule has 18 heteroatoms. The molecular weight excluding hydrogens is 1310 g/mol. The fourth-order valence-electron chi connectivity index (χ4n) is 8.35. The molecule has 0 aromatic heterocycles. The van der Waals surface area contributed by atoms with Gasteiger partial charge < -0.3 is 0 Å². The van der Waals surface area contributed by atoms with Gasteiger partial charge in [-0.05, 0) is 241 Å². The molecule has 0 unspecified atom stereocenters. The summed E-state index contributed by atoms with van der Waals surface area (Å²) in [6.45, 7) is 18.6. The molecule has 504 valence electrons. The van der Waals surface area contributed by atoms with Gasteiger partial charge in [-0.1, -0.05) is 78.4 Å². The fourth-order valence-corrected chi connectivity index (χ4v) is 8.35. The van der Waals surface area contributed by atoms with Crippen molar-refractivity contribution in [3.63, 3.8) is 0 Å². The van der Waals surface area contributed by atoms with Crippen LogP contribution in [0, 0.1) is 273 Å². The van der Waals surface area contributed by atoms with Crippen LogP contribution >= 0.6 is 0 Å². The topological polar surface area (TPSA) is 428 Å². The van der Waals surface area contributed by atoms with E-state index in [0.29, 0.717) is 83.5 Å². The molecule has 0 saturated carbocycles. The molecule has 0 aliphatic rings. The number of hydrogen-bond donors (Lipinski definition) is 0. The van der Waals surface area contributed by atoms with E-state index in [9.17, 15) is 0 Å². The smallest absolute Gasteiger partial charge is 0.101 e. The van der Waals surface area contributed by atoms with Crippen LogP contribution in [-0.4, -0.2) is 0 Å². The summed E-state index contributed by atoms with van der Waals surface area (Å²) in [4.78, 5) is 0. The van der Waals surface area contributed by atoms with Gasteiger partial charge in [-0.15, -0.1) is 0 Å². The van der Waals surface area contributed by atoms with Gasteiger partial charge in [0.15, 0.2) is 0 Å². The summed E-state index contributed by atoms with van der Waals surface area (Å²) in [5.74, 6) is 0. The molecule has 10 aromatic rings. The van der Waals surface area contributed by atoms with E-state index in [4.69, 9.17) is 94.7 Å². The van der Waals surface area contributed by atoms with Crippen LogP contribution in [0.25, 0.3) is 0 Å². The number of benzene rings is 10. The third-order valence-electron chi connectivity index (χ3n) is 14.1. The molecule has 10 aromatic carbocycles. The van der Waals surface area contributed by atoms with E-state index in [1.54, 1.807) is 123 Å². The molecule has 10 rings (SSSR count). The van der Waals surface area contributed by atoms with Crippen molar-refractivity contribution in [1.82, 2.24) is 0 Å². The SMILES string of the molecule is Cc1c(C#N)cccc1C#N.Cc1cc(C#N)cc(C#N)c1.Cc1cc(C#N)cc(C#N)c1C#N.Cc1cc(C#N)ccc1C#N.Cc1ccc(C#N)c(C#N)c1.Cc1ccc(C#N)cc1.Cc1ccc(C#N)cc1C#N.Cc1cccc(C#N)c1.Cc1cccc(C#N)c1C#N.Cc1ccccc1C#N. The van der Waals surface area contributed by atoms with E-state index in [2.05, 4.69) is 18.2 Å². The van der Waals surface area contributed by atoms with Crippen LogP contribution in [-0.2, 0) is 0 Å². The van der Waals surface area contributed by atoms with Crippen LogP contribution in [0.15, 0.2) is 194 Å². The Morgan fingerprint density at radius 2 is 0.509 bits per heavy atom. The third-order valence-corrected chi connectivity index (χ3v) is 14.1. The first-order chi connectivity index (χ1) is 50.9. The average Bonchev–Trinajstić information content (AvgIpc) is 0.855. The van der Waals surface area contributed by atoms with E-state index in [-0.39, 0.29) is 5.56 Å². The minimum Gasteiger partial charge on any atom is -0.192 e. The second-order valence-corrected chi connectivity index (χ2v) is 22.0. The predicted octanol–water partition coefficient (Wildman–Crippen LogP) is 17.6. The lowest BCUT2D eigenvalue weighted by molar-refractivity contribution is 1.34. The van der Waals surface area contributed by atoms with Crippen molar-refractivity contribution >= 4 is 0 Å². The Kier molecular flexibility index (Phi) is 40.0. The van der Waals surface area contributed by atoms with E-state index in [0.717, 1.165) is 61.2 Å². The summed E-state index contributed by atoms with van der Waals surface area (Å²) < 4.78 is 0. The standard InChI is InChI=1S/C10H5N3.6C9H6N2.3C8H7N/c1-7-2-8(4-11)3-9(5-12)10(7)6-13;1-7-2-8(5-10)4-9(3-7)6-11;1-7-4-8(5-10)2-3-9(7)6-11;1-7-2-3-8(5-10)4-9(7)6-11;1-7-2-3-8(5-10)9(4-7)6-11;1-7-8(5-10)3-2-4-9(7)6-11;1-7-3-2-4-8(5-10)9(7)6-11;1-7-2-4-8(6-9)5-3-7;1-7-3-2-4-8(5-7)6-9;1-7-4-2-3-5-8(7)6-9/h2-3H,1H3;6*2-4H,1H3;3*2-5H,1H3. The number of nitriles is 18. The Morgan fingerprint density at radius 3 is 0.962 bits per heavy atom. The number of aryl methyl sites for hydroxylation is 9. The van der Waals surface area contributed by atoms with Crippen molar-refractivity contribution in [2.24, 2.45) is 0 Å². The molecule has 0 radical (unpaired) electrons. The quantitative estimate of drug-likeness (QED) is 0.136. The van der Waals surface area contributed by atoms with Crippen molar-refractivity contribution in [3.8, 4) is 109 Å². The first-order valence-corrected chi connectivity index (χ1v) is 31.1. The van der Waals surface area contributed by atoms with Crippen molar-refractivity contribution in [1.29, 1.82) is 94.7 Å². The lowest BCUT2D eigenvalue weighted by Gasteiger charge is -1.99. The third kappa shape index (κ3) is 30.6. The highest BCUT2D eigenvalue weighted by Gasteiger charge is 2.08. The molecule has 106 heavy (non-hydrogen) atoms. The average molecular weight is 1370 g/mol. The zero-order valence-electron chi connectivity index (χ0n) is 59.5. The molecule has 0 N–H and O–H groups in total. The number of nitrogens with zero attached hydrogens (tertiary/aromatic N) is 18. The molecular formula is C88H62N18. The molecule has 0 amide bonds. The van der Waals surface area contributed by atoms with Crippen LogP contribution in [0.5, 0.6) is 0 Å². The van der Waals surface area contributed by atoms with E-state index in [1.807, 2.05) is 225 Å². The zero-order chi connectivity index (χ0) is 79.5. The van der Waals surface area contributed by atoms with Gasteiger partial charge in [-0.3, -0.25) is 0 Å². The summed E-state index contributed by atoms with van der Waals surface area (Å²) >= 11 is 0. The Hall–Kier alpha value is -17.0. The Labute approximate surface area is 619 Å². The minimum atomic E-state index is 0.263. The van der Waals surface area contributed by atoms with Gasteiger partial charge in [0, 0.05) is 0 Å². The van der Waals surface area contributed by atoms with Gasteiger partial charge in [-0.2, -0.15) is 94.7 Å². The second-order valence-electron chi connectivity index (χ2n) is 22.0. The van der Waals surface area contributed by atoms with Crippen LogP contribution in [0.2, 0.25) is 0 Å². The first-order valence-electron chi connectivity index (χ1n) is 31.1. The van der Waals surface area contributed by atoms with E-state index >= 15 is 0 Å². The summed E-state index contributed by atoms with van der Waals surface area (Å²) in [7, 11) is 0. The summed E-state index contributed by atoms with van der Waals surface area (Å²) in [5.41, 5.74) is 19.0. The zero-order valence-corrected chi connectivity index (χ0v) is 59.5. The molecule has 0 aliphatic heterocycles. The maximum Gasteiger partial charge on any atom is 0.101 e. The van der Waals surface area contributed by atoms with E-state index in [1.165, 1.54) is 11.6 Å². The van der Waals surface area contributed by atoms with Gasteiger partial charge in [0.2, 0.25) is 0 Å². The number of rotatable bonds is 0. The molecule has 18 nitrogen and oxygen atoms in total.